The Morgan fingerprint density at radius 1 is 0.565 bits per heavy atom. The van der Waals surface area contributed by atoms with Gasteiger partial charge in [0.2, 0.25) is 0 Å². The summed E-state index contributed by atoms with van der Waals surface area (Å²) in [6.45, 7) is 0.255. The molecule has 0 spiro atoms. The summed E-state index contributed by atoms with van der Waals surface area (Å²) in [4.78, 5) is 0. The molecule has 0 aromatic heterocycles. The molecular weight excluding hydrogens is 387 g/mol. The Morgan fingerprint density at radius 3 is 1.22 bits per heavy atom. The van der Waals surface area contributed by atoms with Gasteiger partial charge in [0, 0.05) is 0 Å². The standard InChI is InChI=1S/3C6H5.C3H7O.Sn/c3*1-2-4-6-5-3-1;1-2-3-4;/h3*1-5H;4H,1-3H2;. The first-order chi connectivity index (χ1) is 11.4. The van der Waals surface area contributed by atoms with E-state index >= 15 is 0 Å². The Hall–Kier alpha value is -1.58. The van der Waals surface area contributed by atoms with Crippen molar-refractivity contribution in [2.24, 2.45) is 0 Å². The predicted octanol–water partition coefficient (Wildman–Crippen LogP) is 2.54. The fourth-order valence-corrected chi connectivity index (χ4v) is 17.3. The van der Waals surface area contributed by atoms with E-state index in [1.807, 2.05) is 0 Å². The maximum atomic E-state index is 9.50. The number of hydrogen-bond acceptors (Lipinski definition) is 1. The van der Waals surface area contributed by atoms with Crippen LogP contribution in [0.15, 0.2) is 91.0 Å². The molecule has 23 heavy (non-hydrogen) atoms. The molecule has 0 unspecified atom stereocenters. The Morgan fingerprint density at radius 2 is 0.913 bits per heavy atom. The van der Waals surface area contributed by atoms with Gasteiger partial charge in [0.25, 0.3) is 0 Å². The SMILES string of the molecule is OCC[CH2][Sn]([c]1ccccc1)([c]1ccccc1)[c]1ccccc1. The number of aliphatic hydroxyl groups is 1. The average molecular weight is 409 g/mol. The molecule has 0 atom stereocenters. The fourth-order valence-electron chi connectivity index (χ4n) is 3.45. The van der Waals surface area contributed by atoms with Crippen molar-refractivity contribution in [2.75, 3.05) is 6.61 Å². The molecule has 0 amide bonds. The molecule has 0 aliphatic carbocycles. The van der Waals surface area contributed by atoms with E-state index in [0.717, 1.165) is 10.9 Å². The second-order valence-electron chi connectivity index (χ2n) is 5.83. The van der Waals surface area contributed by atoms with Gasteiger partial charge in [-0.15, -0.1) is 0 Å². The van der Waals surface area contributed by atoms with Gasteiger partial charge in [0.15, 0.2) is 0 Å². The van der Waals surface area contributed by atoms with Crippen LogP contribution in [0.5, 0.6) is 0 Å². The number of hydrogen-bond donors (Lipinski definition) is 1. The third kappa shape index (κ3) is 3.36. The molecule has 0 bridgehead atoms. The minimum absolute atomic E-state index is 0.255. The van der Waals surface area contributed by atoms with Crippen LogP contribution in [0.2, 0.25) is 4.44 Å². The van der Waals surface area contributed by atoms with Crippen LogP contribution in [-0.4, -0.2) is 30.1 Å². The molecule has 0 aliphatic heterocycles. The third-order valence-electron chi connectivity index (χ3n) is 4.51. The van der Waals surface area contributed by atoms with E-state index in [-0.39, 0.29) is 6.61 Å². The summed E-state index contributed by atoms with van der Waals surface area (Å²) in [7, 11) is 0. The van der Waals surface area contributed by atoms with E-state index in [9.17, 15) is 5.11 Å². The van der Waals surface area contributed by atoms with Crippen LogP contribution in [0.1, 0.15) is 6.42 Å². The Bertz CT molecular complexity index is 614. The average Bonchev–Trinajstić information content (AvgIpc) is 2.65. The van der Waals surface area contributed by atoms with E-state index in [4.69, 9.17) is 0 Å². The molecule has 0 aliphatic rings. The monoisotopic (exact) mass is 410 g/mol. The van der Waals surface area contributed by atoms with Gasteiger partial charge in [-0.05, 0) is 0 Å². The van der Waals surface area contributed by atoms with Crippen LogP contribution in [0, 0.1) is 0 Å². The summed E-state index contributed by atoms with van der Waals surface area (Å²) in [5.41, 5.74) is 0. The summed E-state index contributed by atoms with van der Waals surface area (Å²) in [5.74, 6) is 0. The maximum absolute atomic E-state index is 9.50. The molecule has 1 nitrogen and oxygen atoms in total. The van der Waals surface area contributed by atoms with Gasteiger partial charge in [0.05, 0.1) is 0 Å². The zero-order chi connectivity index (χ0) is 16.0. The molecule has 1 N–H and O–H groups in total. The van der Waals surface area contributed by atoms with E-state index in [1.54, 1.807) is 0 Å². The normalized spacial score (nSPS) is 11.3. The topological polar surface area (TPSA) is 20.2 Å². The third-order valence-corrected chi connectivity index (χ3v) is 19.0. The number of benzene rings is 3. The summed E-state index contributed by atoms with van der Waals surface area (Å²) in [6.07, 6.45) is 0.856. The van der Waals surface area contributed by atoms with Gasteiger partial charge in [-0.25, -0.2) is 0 Å². The molecular formula is C21H22OSn. The van der Waals surface area contributed by atoms with Crippen molar-refractivity contribution in [1.29, 1.82) is 0 Å². The summed E-state index contributed by atoms with van der Waals surface area (Å²) in [6, 6.07) is 32.8. The van der Waals surface area contributed by atoms with Crippen LogP contribution in [-0.2, 0) is 0 Å². The van der Waals surface area contributed by atoms with E-state index in [2.05, 4.69) is 91.0 Å². The second kappa shape index (κ2) is 7.80. The van der Waals surface area contributed by atoms with Crippen molar-refractivity contribution in [3.05, 3.63) is 91.0 Å². The van der Waals surface area contributed by atoms with Crippen LogP contribution >= 0.6 is 0 Å². The fraction of sp³-hybridized carbons (Fsp3) is 0.143. The summed E-state index contributed by atoms with van der Waals surface area (Å²) in [5, 5.41) is 9.50. The number of aliphatic hydroxyl groups excluding tert-OH is 1. The Balaban J connectivity index is 2.25. The zero-order valence-electron chi connectivity index (χ0n) is 13.2. The Kier molecular flexibility index (Phi) is 5.52. The van der Waals surface area contributed by atoms with Gasteiger partial charge in [-0.2, -0.15) is 0 Å². The molecule has 3 aromatic rings. The molecule has 2 heteroatoms. The zero-order valence-corrected chi connectivity index (χ0v) is 16.1. The Labute approximate surface area is 142 Å². The van der Waals surface area contributed by atoms with Gasteiger partial charge in [0.1, 0.15) is 0 Å². The first-order valence-corrected chi connectivity index (χ1v) is 14.5. The van der Waals surface area contributed by atoms with E-state index in [0.29, 0.717) is 0 Å². The van der Waals surface area contributed by atoms with Crippen molar-refractivity contribution in [3.63, 3.8) is 0 Å². The summed E-state index contributed by atoms with van der Waals surface area (Å²) >= 11 is -3.06. The number of rotatable bonds is 6. The van der Waals surface area contributed by atoms with Crippen molar-refractivity contribution in [2.45, 2.75) is 10.9 Å². The molecule has 0 radical (unpaired) electrons. The van der Waals surface area contributed by atoms with E-state index < -0.39 is 18.4 Å². The molecule has 116 valence electrons. The van der Waals surface area contributed by atoms with Gasteiger partial charge in [-0.3, -0.25) is 0 Å². The van der Waals surface area contributed by atoms with Crippen molar-refractivity contribution in [1.82, 2.24) is 0 Å². The van der Waals surface area contributed by atoms with Gasteiger partial charge < -0.3 is 0 Å². The summed E-state index contributed by atoms with van der Waals surface area (Å²) < 4.78 is 5.52. The van der Waals surface area contributed by atoms with Crippen LogP contribution in [0.3, 0.4) is 0 Å². The first-order valence-electron chi connectivity index (χ1n) is 8.15. The molecule has 3 rings (SSSR count). The van der Waals surface area contributed by atoms with Crippen molar-refractivity contribution < 1.29 is 5.11 Å². The predicted molar refractivity (Wildman–Crippen MR) is 100 cm³/mol. The van der Waals surface area contributed by atoms with Crippen LogP contribution < -0.4 is 10.7 Å². The van der Waals surface area contributed by atoms with Crippen molar-refractivity contribution in [3.8, 4) is 0 Å². The molecule has 0 saturated carbocycles. The van der Waals surface area contributed by atoms with Gasteiger partial charge in [-0.1, -0.05) is 0 Å². The molecule has 0 fully saturated rings. The minimum atomic E-state index is -3.06. The van der Waals surface area contributed by atoms with Crippen LogP contribution in [0.4, 0.5) is 0 Å². The van der Waals surface area contributed by atoms with E-state index in [1.165, 1.54) is 10.7 Å². The van der Waals surface area contributed by atoms with Crippen LogP contribution in [0.25, 0.3) is 0 Å². The quantitative estimate of drug-likeness (QED) is 0.621. The molecule has 3 aromatic carbocycles. The second-order valence-corrected chi connectivity index (χ2v) is 17.4. The van der Waals surface area contributed by atoms with Gasteiger partial charge >= 0.3 is 143 Å². The first kappa shape index (κ1) is 16.3. The molecule has 0 saturated heterocycles. The van der Waals surface area contributed by atoms with Crippen molar-refractivity contribution >= 4 is 29.1 Å². The molecule has 0 heterocycles.